The largest absolute Gasteiger partial charge is 0.536 e. The summed E-state index contributed by atoms with van der Waals surface area (Å²) in [5, 5.41) is 2.27. The normalized spacial score (nSPS) is 14.8. The fraction of sp³-hybridized carbons (Fsp3) is 0.0800. The lowest BCUT2D eigenvalue weighted by Gasteiger charge is -2.27. The molecule has 2 aromatic heterocycles. The van der Waals surface area contributed by atoms with Crippen LogP contribution in [0.25, 0.3) is 33.2 Å². The molecule has 0 radical (unpaired) electrons. The van der Waals surface area contributed by atoms with Crippen LogP contribution < -0.4 is 19.5 Å². The van der Waals surface area contributed by atoms with E-state index in [9.17, 15) is 0 Å². The fourth-order valence-electron chi connectivity index (χ4n) is 5.60. The molecule has 0 N–H and O–H groups in total. The quantitative estimate of drug-likeness (QED) is 0.285. The summed E-state index contributed by atoms with van der Waals surface area (Å²) in [5.41, 5.74) is 10.7. The Balaban J connectivity index is 1.46. The van der Waals surface area contributed by atoms with Crippen LogP contribution in [0.2, 0.25) is 0 Å². The molecule has 0 bridgehead atoms. The lowest BCUT2D eigenvalue weighted by Crippen LogP contribution is -2.51. The highest BCUT2D eigenvalue weighted by atomic mass is 16.5. The van der Waals surface area contributed by atoms with Gasteiger partial charge in [0.05, 0.1) is 11.3 Å². The van der Waals surface area contributed by atoms with E-state index >= 15 is 0 Å². The van der Waals surface area contributed by atoms with E-state index in [1.165, 1.54) is 33.5 Å². The maximum absolute atomic E-state index is 6.59. The van der Waals surface area contributed by atoms with Gasteiger partial charge < -0.3 is 13.9 Å². The molecule has 3 aliphatic rings. The molecule has 0 fully saturated rings. The van der Waals surface area contributed by atoms with Crippen LogP contribution in [0.4, 0.5) is 11.4 Å². The van der Waals surface area contributed by atoms with Gasteiger partial charge in [0.15, 0.2) is 12.7 Å². The number of aryl methyl sites for hydroxylation is 1. The summed E-state index contributed by atoms with van der Waals surface area (Å²) >= 11 is 0. The number of para-hydroxylation sites is 1. The number of benzene rings is 3. The van der Waals surface area contributed by atoms with Gasteiger partial charge in [-0.25, -0.2) is 0 Å². The Bertz CT molecular complexity index is 1590. The summed E-state index contributed by atoms with van der Waals surface area (Å²) in [6, 6.07) is 21.5. The first kappa shape index (κ1) is 15.2. The topological polar surface area (TPSA) is 29.5 Å². The Hall–Kier alpha value is -3.73. The van der Waals surface area contributed by atoms with E-state index in [1.807, 2.05) is 12.1 Å². The van der Waals surface area contributed by atoms with Crippen molar-refractivity contribution in [3.05, 3.63) is 78.0 Å². The molecule has 30 heavy (non-hydrogen) atoms. The highest BCUT2D eigenvalue weighted by Gasteiger charge is 2.51. The molecule has 0 atom stereocenters. The van der Waals surface area contributed by atoms with Crippen LogP contribution in [-0.4, -0.2) is 7.05 Å². The third-order valence-corrected chi connectivity index (χ3v) is 6.74. The summed E-state index contributed by atoms with van der Waals surface area (Å²) < 4.78 is 15.1. The summed E-state index contributed by atoms with van der Waals surface area (Å²) in [4.78, 5) is 2.36. The Morgan fingerprint density at radius 3 is 2.83 bits per heavy atom. The van der Waals surface area contributed by atoms with Crippen molar-refractivity contribution in [1.29, 1.82) is 0 Å². The second-order valence-corrected chi connectivity index (χ2v) is 8.51. The van der Waals surface area contributed by atoms with Gasteiger partial charge >= 0.3 is 7.05 Å². The number of furan rings is 1. The molecule has 3 aromatic carbocycles. The van der Waals surface area contributed by atoms with Gasteiger partial charge in [-0.3, -0.25) is 0 Å². The first-order valence-corrected chi connectivity index (χ1v) is 10.3. The van der Waals surface area contributed by atoms with Crippen LogP contribution >= 0.6 is 0 Å². The van der Waals surface area contributed by atoms with Crippen LogP contribution in [0.3, 0.4) is 0 Å². The zero-order valence-corrected chi connectivity index (χ0v) is 16.3. The number of hydrogen-bond donors (Lipinski definition) is 0. The Kier molecular flexibility index (Phi) is 2.46. The Labute approximate surface area is 173 Å². The standard InChI is InChI=1S/C25H16BN2O2/c1-14-9-15-13-27-8-4-6-19-25(27)24(15)18(10-14)26-28(19)20-11-17-16-5-2-3-7-21(16)29-22(17)12-23(20)30-26/h2-12H,13H2,1H3/q+1. The van der Waals surface area contributed by atoms with Gasteiger partial charge in [0.1, 0.15) is 22.6 Å². The second kappa shape index (κ2) is 4.87. The number of fused-ring (bicyclic) bond motifs is 8. The molecule has 0 spiro atoms. The number of hydrogen-bond acceptors (Lipinski definition) is 3. The average Bonchev–Trinajstić information content (AvgIpc) is 3.41. The van der Waals surface area contributed by atoms with Crippen LogP contribution in [0.5, 0.6) is 5.75 Å². The van der Waals surface area contributed by atoms with Crippen LogP contribution in [0, 0.1) is 6.92 Å². The van der Waals surface area contributed by atoms with Crippen molar-refractivity contribution in [2.75, 3.05) is 4.81 Å². The highest BCUT2D eigenvalue weighted by molar-refractivity contribution is 6.77. The number of anilines is 2. The van der Waals surface area contributed by atoms with Crippen molar-refractivity contribution in [1.82, 2.24) is 0 Å². The molecule has 5 aromatic rings. The van der Waals surface area contributed by atoms with Crippen molar-refractivity contribution in [2.24, 2.45) is 0 Å². The minimum Gasteiger partial charge on any atom is -0.536 e. The number of aromatic nitrogens is 1. The zero-order valence-electron chi connectivity index (χ0n) is 16.3. The average molecular weight is 387 g/mol. The summed E-state index contributed by atoms with van der Waals surface area (Å²) in [7, 11) is -0.145. The van der Waals surface area contributed by atoms with Crippen molar-refractivity contribution in [3.63, 3.8) is 0 Å². The second-order valence-electron chi connectivity index (χ2n) is 8.51. The maximum Gasteiger partial charge on any atom is 0.525 e. The monoisotopic (exact) mass is 387 g/mol. The SMILES string of the molecule is Cc1cc2c3c(c1)B1Oc4cc5oc6ccccc6c5cc4N1c1ccc[n+](c1-3)C2. The smallest absolute Gasteiger partial charge is 0.525 e. The Morgan fingerprint density at radius 1 is 0.933 bits per heavy atom. The molecule has 5 heterocycles. The minimum atomic E-state index is -0.145. The fourth-order valence-corrected chi connectivity index (χ4v) is 5.60. The van der Waals surface area contributed by atoms with Crippen molar-refractivity contribution < 1.29 is 13.6 Å². The first-order valence-electron chi connectivity index (χ1n) is 10.3. The van der Waals surface area contributed by atoms with Crippen LogP contribution in [0.15, 0.2) is 71.3 Å². The Morgan fingerprint density at radius 2 is 1.87 bits per heavy atom. The molecule has 5 heteroatoms. The van der Waals surface area contributed by atoms with Gasteiger partial charge in [0, 0.05) is 33.9 Å². The molecule has 140 valence electrons. The summed E-state index contributed by atoms with van der Waals surface area (Å²) in [6.07, 6.45) is 2.18. The highest BCUT2D eigenvalue weighted by Crippen LogP contribution is 2.50. The third-order valence-electron chi connectivity index (χ3n) is 6.74. The molecule has 4 nitrogen and oxygen atoms in total. The van der Waals surface area contributed by atoms with E-state index < -0.39 is 0 Å². The van der Waals surface area contributed by atoms with E-state index in [4.69, 9.17) is 9.07 Å². The molecular weight excluding hydrogens is 371 g/mol. The molecule has 0 saturated heterocycles. The van der Waals surface area contributed by atoms with E-state index in [1.54, 1.807) is 0 Å². The maximum atomic E-state index is 6.59. The molecular formula is C25H16BN2O2+. The van der Waals surface area contributed by atoms with Crippen LogP contribution in [-0.2, 0) is 6.54 Å². The van der Waals surface area contributed by atoms with Gasteiger partial charge in [0.2, 0.25) is 5.69 Å². The van der Waals surface area contributed by atoms with Crippen LogP contribution in [0.1, 0.15) is 11.1 Å². The molecule has 8 rings (SSSR count). The number of nitrogens with zero attached hydrogens (tertiary/aromatic N) is 2. The lowest BCUT2D eigenvalue weighted by molar-refractivity contribution is -0.671. The number of rotatable bonds is 0. The molecule has 0 unspecified atom stereocenters. The van der Waals surface area contributed by atoms with Crippen molar-refractivity contribution in [2.45, 2.75) is 13.5 Å². The zero-order chi connectivity index (χ0) is 19.6. The predicted octanol–water partition coefficient (Wildman–Crippen LogP) is 4.45. The van der Waals surface area contributed by atoms with E-state index in [0.29, 0.717) is 0 Å². The first-order chi connectivity index (χ1) is 14.8. The van der Waals surface area contributed by atoms with Gasteiger partial charge in [-0.05, 0) is 31.2 Å². The minimum absolute atomic E-state index is 0.145. The van der Waals surface area contributed by atoms with Gasteiger partial charge in [-0.2, -0.15) is 4.57 Å². The molecule has 0 amide bonds. The lowest BCUT2D eigenvalue weighted by atomic mass is 9.65. The molecule has 0 aliphatic carbocycles. The van der Waals surface area contributed by atoms with Gasteiger partial charge in [0.25, 0.3) is 0 Å². The van der Waals surface area contributed by atoms with Crippen molar-refractivity contribution >= 4 is 45.8 Å². The van der Waals surface area contributed by atoms with E-state index in [0.717, 1.165) is 39.9 Å². The van der Waals surface area contributed by atoms with Gasteiger partial charge in [-0.1, -0.05) is 29.8 Å². The molecule has 3 aliphatic heterocycles. The predicted molar refractivity (Wildman–Crippen MR) is 118 cm³/mol. The van der Waals surface area contributed by atoms with Gasteiger partial charge in [-0.15, -0.1) is 0 Å². The summed E-state index contributed by atoms with van der Waals surface area (Å²) in [6.45, 7) is 3.09. The molecule has 0 saturated carbocycles. The summed E-state index contributed by atoms with van der Waals surface area (Å²) in [5.74, 6) is 0.879. The third kappa shape index (κ3) is 1.65. The van der Waals surface area contributed by atoms with E-state index in [-0.39, 0.29) is 7.05 Å². The van der Waals surface area contributed by atoms with E-state index in [2.05, 4.69) is 71.0 Å². The number of pyridine rings is 1. The van der Waals surface area contributed by atoms with Crippen molar-refractivity contribution in [3.8, 4) is 17.0 Å².